The first-order valence-electron chi connectivity index (χ1n) is 6.18. The number of hydrogen-bond donors (Lipinski definition) is 1. The number of amides is 1. The topological polar surface area (TPSA) is 77.0 Å². The highest BCUT2D eigenvalue weighted by molar-refractivity contribution is 7.99. The average Bonchev–Trinajstić information content (AvgIpc) is 3.15. The summed E-state index contributed by atoms with van der Waals surface area (Å²) in [7, 11) is 1.81. The summed E-state index contributed by atoms with van der Waals surface area (Å²) in [5, 5.41) is 9.03. The Morgan fingerprint density at radius 1 is 1.56 bits per heavy atom. The van der Waals surface area contributed by atoms with Crippen LogP contribution >= 0.6 is 11.8 Å². The van der Waals surface area contributed by atoms with Crippen LogP contribution < -0.4 is 5.73 Å². The van der Waals surface area contributed by atoms with Crippen LogP contribution in [0.2, 0.25) is 0 Å². The Hall–Kier alpha value is -1.08. The van der Waals surface area contributed by atoms with E-state index in [4.69, 9.17) is 5.73 Å². The van der Waals surface area contributed by atoms with Gasteiger partial charge in [0.1, 0.15) is 5.82 Å². The van der Waals surface area contributed by atoms with Crippen molar-refractivity contribution in [2.45, 2.75) is 37.5 Å². The minimum absolute atomic E-state index is 0.113. The molecule has 2 N–H and O–H groups in total. The summed E-state index contributed by atoms with van der Waals surface area (Å²) in [6.45, 7) is 3.08. The molecule has 1 aromatic rings. The van der Waals surface area contributed by atoms with Crippen molar-refractivity contribution in [3.63, 3.8) is 0 Å². The number of carbonyl (C=O) groups excluding carboxylic acids is 1. The molecule has 0 aliphatic heterocycles. The van der Waals surface area contributed by atoms with Crippen molar-refractivity contribution in [2.75, 3.05) is 19.3 Å². The fourth-order valence-corrected chi connectivity index (χ4v) is 2.62. The van der Waals surface area contributed by atoms with Crippen LogP contribution in [0.3, 0.4) is 0 Å². The smallest absolute Gasteiger partial charge is 0.232 e. The molecule has 1 aliphatic rings. The van der Waals surface area contributed by atoms with Gasteiger partial charge in [-0.1, -0.05) is 11.8 Å². The summed E-state index contributed by atoms with van der Waals surface area (Å²) < 4.78 is 2.09. The van der Waals surface area contributed by atoms with Crippen molar-refractivity contribution in [1.82, 2.24) is 19.7 Å². The molecule has 1 aromatic heterocycles. The second-order valence-electron chi connectivity index (χ2n) is 4.40. The summed E-state index contributed by atoms with van der Waals surface area (Å²) in [5.74, 6) is 1.33. The van der Waals surface area contributed by atoms with Crippen molar-refractivity contribution >= 4 is 17.7 Å². The van der Waals surface area contributed by atoms with E-state index in [2.05, 4.69) is 14.8 Å². The molecule has 18 heavy (non-hydrogen) atoms. The van der Waals surface area contributed by atoms with Crippen LogP contribution in [0.15, 0.2) is 5.16 Å². The maximum absolute atomic E-state index is 11.7. The third-order valence-electron chi connectivity index (χ3n) is 3.05. The van der Waals surface area contributed by atoms with Crippen LogP contribution in [0.1, 0.15) is 31.6 Å². The van der Waals surface area contributed by atoms with E-state index in [1.807, 2.05) is 6.92 Å². The highest BCUT2D eigenvalue weighted by Gasteiger charge is 2.29. The van der Waals surface area contributed by atoms with Gasteiger partial charge in [-0.2, -0.15) is 0 Å². The van der Waals surface area contributed by atoms with Gasteiger partial charge in [-0.15, -0.1) is 10.2 Å². The molecule has 0 unspecified atom stereocenters. The number of nitrogens with zero attached hydrogens (tertiary/aromatic N) is 4. The van der Waals surface area contributed by atoms with Gasteiger partial charge in [0.05, 0.1) is 12.3 Å². The SMILES string of the molecule is CCN(C)C(=O)CSc1nnc(CN)n1C1CC1. The Kier molecular flexibility index (Phi) is 4.23. The quantitative estimate of drug-likeness (QED) is 0.767. The molecule has 1 fully saturated rings. The number of carbonyl (C=O) groups is 1. The van der Waals surface area contributed by atoms with Crippen LogP contribution in [-0.4, -0.2) is 44.9 Å². The van der Waals surface area contributed by atoms with Crippen molar-refractivity contribution in [3.8, 4) is 0 Å². The van der Waals surface area contributed by atoms with E-state index in [0.717, 1.165) is 30.4 Å². The van der Waals surface area contributed by atoms with Gasteiger partial charge in [-0.05, 0) is 19.8 Å². The van der Waals surface area contributed by atoms with Crippen LogP contribution in [0.4, 0.5) is 0 Å². The Bertz CT molecular complexity index is 429. The minimum atomic E-state index is 0.113. The molecule has 0 bridgehead atoms. The number of rotatable bonds is 6. The summed E-state index contributed by atoms with van der Waals surface area (Å²) in [6.07, 6.45) is 2.31. The third-order valence-corrected chi connectivity index (χ3v) is 3.98. The van der Waals surface area contributed by atoms with Crippen LogP contribution in [-0.2, 0) is 11.3 Å². The molecule has 0 aromatic carbocycles. The summed E-state index contributed by atoms with van der Waals surface area (Å²) in [6, 6.07) is 0.486. The first kappa shape index (κ1) is 13.4. The molecule has 0 saturated heterocycles. The van der Waals surface area contributed by atoms with Gasteiger partial charge in [-0.25, -0.2) is 0 Å². The van der Waals surface area contributed by atoms with Gasteiger partial charge in [0.2, 0.25) is 5.91 Å². The number of thioether (sulfide) groups is 1. The average molecular weight is 269 g/mol. The predicted octanol–water partition coefficient (Wildman–Crippen LogP) is 0.642. The van der Waals surface area contributed by atoms with E-state index in [0.29, 0.717) is 18.3 Å². The lowest BCUT2D eigenvalue weighted by atomic mass is 10.5. The van der Waals surface area contributed by atoms with E-state index in [9.17, 15) is 4.79 Å². The van der Waals surface area contributed by atoms with Gasteiger partial charge >= 0.3 is 0 Å². The fourth-order valence-electron chi connectivity index (χ4n) is 1.66. The van der Waals surface area contributed by atoms with Crippen molar-refractivity contribution in [1.29, 1.82) is 0 Å². The lowest BCUT2D eigenvalue weighted by Gasteiger charge is -2.14. The summed E-state index contributed by atoms with van der Waals surface area (Å²) in [4.78, 5) is 13.4. The van der Waals surface area contributed by atoms with E-state index in [-0.39, 0.29) is 5.91 Å². The zero-order valence-electron chi connectivity index (χ0n) is 10.8. The molecular weight excluding hydrogens is 250 g/mol. The molecule has 1 saturated carbocycles. The Balaban J connectivity index is 2.01. The van der Waals surface area contributed by atoms with E-state index in [1.54, 1.807) is 11.9 Å². The molecule has 6 nitrogen and oxygen atoms in total. The maximum Gasteiger partial charge on any atom is 0.232 e. The van der Waals surface area contributed by atoms with Crippen LogP contribution in [0.25, 0.3) is 0 Å². The molecule has 7 heteroatoms. The van der Waals surface area contributed by atoms with Crippen LogP contribution in [0.5, 0.6) is 0 Å². The molecule has 0 atom stereocenters. The first-order valence-corrected chi connectivity index (χ1v) is 7.16. The molecule has 100 valence electrons. The van der Waals surface area contributed by atoms with Gasteiger partial charge in [0.15, 0.2) is 5.16 Å². The van der Waals surface area contributed by atoms with E-state index < -0.39 is 0 Å². The zero-order chi connectivity index (χ0) is 13.1. The van der Waals surface area contributed by atoms with Crippen molar-refractivity contribution < 1.29 is 4.79 Å². The molecular formula is C11H19N5OS. The Labute approximate surface area is 111 Å². The Morgan fingerprint density at radius 2 is 2.28 bits per heavy atom. The fraction of sp³-hybridized carbons (Fsp3) is 0.727. The molecule has 2 rings (SSSR count). The molecule has 0 radical (unpaired) electrons. The second kappa shape index (κ2) is 5.71. The van der Waals surface area contributed by atoms with Gasteiger partial charge < -0.3 is 15.2 Å². The molecule has 1 amide bonds. The minimum Gasteiger partial charge on any atom is -0.345 e. The lowest BCUT2D eigenvalue weighted by molar-refractivity contribution is -0.126. The maximum atomic E-state index is 11.7. The lowest BCUT2D eigenvalue weighted by Crippen LogP contribution is -2.27. The Morgan fingerprint density at radius 3 is 2.83 bits per heavy atom. The molecule has 1 aliphatic carbocycles. The highest BCUT2D eigenvalue weighted by atomic mass is 32.2. The van der Waals surface area contributed by atoms with Gasteiger partial charge in [0.25, 0.3) is 0 Å². The van der Waals surface area contributed by atoms with E-state index in [1.165, 1.54) is 11.8 Å². The zero-order valence-corrected chi connectivity index (χ0v) is 11.6. The monoisotopic (exact) mass is 269 g/mol. The third kappa shape index (κ3) is 2.84. The summed E-state index contributed by atoms with van der Waals surface area (Å²) >= 11 is 1.45. The highest BCUT2D eigenvalue weighted by Crippen LogP contribution is 2.38. The number of nitrogens with two attached hydrogens (primary N) is 1. The molecule has 1 heterocycles. The van der Waals surface area contributed by atoms with Gasteiger partial charge in [0, 0.05) is 19.6 Å². The molecule has 0 spiro atoms. The predicted molar refractivity (Wildman–Crippen MR) is 70.2 cm³/mol. The van der Waals surface area contributed by atoms with E-state index >= 15 is 0 Å². The number of aromatic nitrogens is 3. The standard InChI is InChI=1S/C11H19N5OS/c1-3-15(2)10(17)7-18-11-14-13-9(6-12)16(11)8-4-5-8/h8H,3-7,12H2,1-2H3. The first-order chi connectivity index (χ1) is 8.67. The van der Waals surface area contributed by atoms with Crippen molar-refractivity contribution in [2.24, 2.45) is 5.73 Å². The van der Waals surface area contributed by atoms with Gasteiger partial charge in [-0.3, -0.25) is 4.79 Å². The second-order valence-corrected chi connectivity index (χ2v) is 5.34. The van der Waals surface area contributed by atoms with Crippen molar-refractivity contribution in [3.05, 3.63) is 5.82 Å². The summed E-state index contributed by atoms with van der Waals surface area (Å²) in [5.41, 5.74) is 5.65. The number of hydrogen-bond acceptors (Lipinski definition) is 5. The largest absolute Gasteiger partial charge is 0.345 e. The van der Waals surface area contributed by atoms with Crippen LogP contribution in [0, 0.1) is 0 Å². The normalized spacial score (nSPS) is 14.8.